The Bertz CT molecular complexity index is 454. The van der Waals surface area contributed by atoms with Crippen LogP contribution in [0.3, 0.4) is 0 Å². The maximum atomic E-state index is 11.2. The molecule has 1 N–H and O–H groups in total. The number of azide groups is 1. The van der Waals surface area contributed by atoms with Crippen molar-refractivity contribution < 1.29 is 19.4 Å². The van der Waals surface area contributed by atoms with Crippen molar-refractivity contribution in [1.82, 2.24) is 0 Å². The second-order valence-corrected chi connectivity index (χ2v) is 3.39. The molecule has 0 unspecified atom stereocenters. The Kier molecular flexibility index (Phi) is 4.98. The second-order valence-electron chi connectivity index (χ2n) is 3.39. The first-order valence-corrected chi connectivity index (χ1v) is 5.08. The minimum atomic E-state index is -1.54. The maximum Gasteiger partial charge on any atom is 0.335 e. The Morgan fingerprint density at radius 1 is 1.39 bits per heavy atom. The number of nitrogens with zero attached hydrogens (tertiary/aromatic N) is 3. The summed E-state index contributed by atoms with van der Waals surface area (Å²) in [6.07, 6.45) is -1.54. The summed E-state index contributed by atoms with van der Waals surface area (Å²) in [4.78, 5) is 13.9. The van der Waals surface area contributed by atoms with Gasteiger partial charge >= 0.3 is 5.97 Å². The molecule has 0 saturated carbocycles. The van der Waals surface area contributed by atoms with E-state index in [1.165, 1.54) is 7.11 Å². The van der Waals surface area contributed by atoms with Gasteiger partial charge in [0, 0.05) is 4.91 Å². The SMILES string of the molecule is COC(=O)[C@H](O)[C@H](N=[N+]=[N-])c1ccc(OC)cc1. The molecule has 0 saturated heterocycles. The molecule has 0 spiro atoms. The second kappa shape index (κ2) is 6.48. The van der Waals surface area contributed by atoms with Crippen LogP contribution in [0.2, 0.25) is 0 Å². The number of aliphatic hydroxyl groups excluding tert-OH is 1. The van der Waals surface area contributed by atoms with Crippen LogP contribution in [0, 0.1) is 0 Å². The lowest BCUT2D eigenvalue weighted by Gasteiger charge is -2.16. The fraction of sp³-hybridized carbons (Fsp3) is 0.364. The maximum absolute atomic E-state index is 11.2. The van der Waals surface area contributed by atoms with Crippen LogP contribution in [-0.4, -0.2) is 31.4 Å². The fourth-order valence-corrected chi connectivity index (χ4v) is 1.42. The number of hydrogen-bond acceptors (Lipinski definition) is 5. The van der Waals surface area contributed by atoms with E-state index >= 15 is 0 Å². The number of aliphatic hydroxyl groups is 1. The number of ether oxygens (including phenoxy) is 2. The van der Waals surface area contributed by atoms with Gasteiger partial charge in [0.15, 0.2) is 6.10 Å². The van der Waals surface area contributed by atoms with E-state index in [9.17, 15) is 9.90 Å². The first-order chi connectivity index (χ1) is 8.63. The van der Waals surface area contributed by atoms with Crippen LogP contribution < -0.4 is 4.74 Å². The van der Waals surface area contributed by atoms with Gasteiger partial charge in [0.25, 0.3) is 0 Å². The first kappa shape index (κ1) is 13.8. The Balaban J connectivity index is 3.03. The van der Waals surface area contributed by atoms with E-state index in [-0.39, 0.29) is 0 Å². The molecule has 0 radical (unpaired) electrons. The largest absolute Gasteiger partial charge is 0.497 e. The highest BCUT2D eigenvalue weighted by Gasteiger charge is 2.27. The molecule has 1 aromatic rings. The standard InChI is InChI=1S/C11H13N3O4/c1-17-8-5-3-7(4-6-8)9(13-14-12)10(15)11(16)18-2/h3-6,9-10,15H,1-2H3/t9-,10-/m1/s1. The first-order valence-electron chi connectivity index (χ1n) is 5.08. The molecule has 0 amide bonds. The highest BCUT2D eigenvalue weighted by Crippen LogP contribution is 2.24. The van der Waals surface area contributed by atoms with Gasteiger partial charge in [0.1, 0.15) is 5.75 Å². The van der Waals surface area contributed by atoms with Crippen LogP contribution in [0.4, 0.5) is 0 Å². The third kappa shape index (κ3) is 3.13. The van der Waals surface area contributed by atoms with Crippen molar-refractivity contribution in [2.45, 2.75) is 12.1 Å². The molecule has 0 fully saturated rings. The van der Waals surface area contributed by atoms with Gasteiger partial charge in [-0.1, -0.05) is 17.2 Å². The molecular formula is C11H13N3O4. The van der Waals surface area contributed by atoms with Gasteiger partial charge in [0.05, 0.1) is 20.3 Å². The summed E-state index contributed by atoms with van der Waals surface area (Å²) in [5.41, 5.74) is 8.96. The summed E-state index contributed by atoms with van der Waals surface area (Å²) >= 11 is 0. The molecular weight excluding hydrogens is 238 g/mol. The third-order valence-electron chi connectivity index (χ3n) is 2.38. The monoisotopic (exact) mass is 251 g/mol. The van der Waals surface area contributed by atoms with Gasteiger partial charge in [-0.25, -0.2) is 4.79 Å². The molecule has 0 aromatic heterocycles. The molecule has 0 heterocycles. The zero-order chi connectivity index (χ0) is 13.5. The van der Waals surface area contributed by atoms with E-state index in [0.29, 0.717) is 11.3 Å². The minimum absolute atomic E-state index is 0.492. The Hall–Kier alpha value is -2.24. The van der Waals surface area contributed by atoms with Crippen LogP contribution in [0.15, 0.2) is 29.4 Å². The number of rotatable bonds is 5. The molecule has 0 aliphatic heterocycles. The summed E-state index contributed by atoms with van der Waals surface area (Å²) in [5.74, 6) is -0.241. The van der Waals surface area contributed by atoms with Crippen molar-refractivity contribution in [3.8, 4) is 5.75 Å². The van der Waals surface area contributed by atoms with Crippen LogP contribution in [0.25, 0.3) is 10.4 Å². The van der Waals surface area contributed by atoms with Crippen molar-refractivity contribution in [3.05, 3.63) is 40.3 Å². The van der Waals surface area contributed by atoms with Crippen molar-refractivity contribution in [3.63, 3.8) is 0 Å². The molecule has 2 atom stereocenters. The van der Waals surface area contributed by atoms with Gasteiger partial charge in [-0.3, -0.25) is 0 Å². The molecule has 7 nitrogen and oxygen atoms in total. The summed E-state index contributed by atoms with van der Waals surface area (Å²) in [5, 5.41) is 13.1. The lowest BCUT2D eigenvalue weighted by molar-refractivity contribution is -0.151. The molecule has 0 bridgehead atoms. The quantitative estimate of drug-likeness (QED) is 0.371. The third-order valence-corrected chi connectivity index (χ3v) is 2.38. The van der Waals surface area contributed by atoms with E-state index in [4.69, 9.17) is 10.3 Å². The average Bonchev–Trinajstić information content (AvgIpc) is 2.43. The highest BCUT2D eigenvalue weighted by molar-refractivity contribution is 5.75. The molecule has 96 valence electrons. The number of carbonyl (C=O) groups is 1. The van der Waals surface area contributed by atoms with E-state index in [2.05, 4.69) is 14.8 Å². The average molecular weight is 251 g/mol. The minimum Gasteiger partial charge on any atom is -0.497 e. The highest BCUT2D eigenvalue weighted by atomic mass is 16.5. The van der Waals surface area contributed by atoms with E-state index in [1.807, 2.05) is 0 Å². The van der Waals surface area contributed by atoms with Crippen LogP contribution >= 0.6 is 0 Å². The van der Waals surface area contributed by atoms with E-state index in [1.54, 1.807) is 24.3 Å². The van der Waals surface area contributed by atoms with E-state index in [0.717, 1.165) is 7.11 Å². The summed E-state index contributed by atoms with van der Waals surface area (Å²) in [6, 6.07) is 5.45. The number of carbonyl (C=O) groups excluding carboxylic acids is 1. The molecule has 1 rings (SSSR count). The van der Waals surface area contributed by atoms with Crippen molar-refractivity contribution >= 4 is 5.97 Å². The molecule has 0 aliphatic rings. The zero-order valence-corrected chi connectivity index (χ0v) is 9.98. The van der Waals surface area contributed by atoms with E-state index < -0.39 is 18.1 Å². The summed E-state index contributed by atoms with van der Waals surface area (Å²) in [6.45, 7) is 0. The number of benzene rings is 1. The topological polar surface area (TPSA) is 105 Å². The Morgan fingerprint density at radius 3 is 2.44 bits per heavy atom. The van der Waals surface area contributed by atoms with Gasteiger partial charge in [-0.05, 0) is 23.2 Å². The van der Waals surface area contributed by atoms with Crippen molar-refractivity contribution in [2.24, 2.45) is 5.11 Å². The predicted octanol–water partition coefficient (Wildman–Crippen LogP) is 1.58. The Morgan fingerprint density at radius 2 is 2.00 bits per heavy atom. The van der Waals surface area contributed by atoms with Crippen molar-refractivity contribution in [1.29, 1.82) is 0 Å². The number of methoxy groups -OCH3 is 2. The van der Waals surface area contributed by atoms with Gasteiger partial charge < -0.3 is 14.6 Å². The smallest absolute Gasteiger partial charge is 0.335 e. The van der Waals surface area contributed by atoms with Crippen LogP contribution in [-0.2, 0) is 9.53 Å². The lowest BCUT2D eigenvalue weighted by atomic mass is 10.0. The van der Waals surface area contributed by atoms with Gasteiger partial charge in [-0.15, -0.1) is 0 Å². The lowest BCUT2D eigenvalue weighted by Crippen LogP contribution is -2.27. The predicted molar refractivity (Wildman–Crippen MR) is 62.9 cm³/mol. The van der Waals surface area contributed by atoms with Crippen LogP contribution in [0.1, 0.15) is 11.6 Å². The number of hydrogen-bond donors (Lipinski definition) is 1. The molecule has 1 aromatic carbocycles. The fourth-order valence-electron chi connectivity index (χ4n) is 1.42. The normalized spacial score (nSPS) is 13.1. The van der Waals surface area contributed by atoms with Crippen molar-refractivity contribution in [2.75, 3.05) is 14.2 Å². The summed E-state index contributed by atoms with van der Waals surface area (Å²) in [7, 11) is 2.66. The Labute approximate surface area is 104 Å². The molecule has 0 aliphatic carbocycles. The summed E-state index contributed by atoms with van der Waals surface area (Å²) < 4.78 is 9.39. The zero-order valence-electron chi connectivity index (χ0n) is 9.98. The van der Waals surface area contributed by atoms with Gasteiger partial charge in [-0.2, -0.15) is 0 Å². The number of esters is 1. The molecule has 18 heavy (non-hydrogen) atoms. The van der Waals surface area contributed by atoms with Gasteiger partial charge in [0.2, 0.25) is 0 Å². The molecule has 7 heteroatoms. The van der Waals surface area contributed by atoms with Crippen LogP contribution in [0.5, 0.6) is 5.75 Å².